The molecule has 132 valence electrons. The molecular formula is C17H17N7OS. The van der Waals surface area contributed by atoms with Crippen LogP contribution >= 0.6 is 0 Å². The van der Waals surface area contributed by atoms with E-state index in [1.165, 1.54) is 5.56 Å². The molecule has 0 spiro atoms. The van der Waals surface area contributed by atoms with Crippen LogP contribution in [0.4, 0.5) is 0 Å². The smallest absolute Gasteiger partial charge is 0.138 e. The Hall–Kier alpha value is -2.57. The molecule has 1 unspecified atom stereocenters. The lowest BCUT2D eigenvalue weighted by Crippen LogP contribution is -2.63. The number of nitrogens with zero attached hydrogens (tertiary/aromatic N) is 6. The lowest BCUT2D eigenvalue weighted by Gasteiger charge is -2.46. The number of aromatic nitrogens is 5. The van der Waals surface area contributed by atoms with Crippen LogP contribution in [0.15, 0.2) is 18.5 Å². The van der Waals surface area contributed by atoms with Crippen LogP contribution in [0.25, 0.3) is 22.3 Å². The number of pyridine rings is 1. The van der Waals surface area contributed by atoms with Crippen LogP contribution in [-0.4, -0.2) is 52.3 Å². The highest BCUT2D eigenvalue weighted by molar-refractivity contribution is 7.82. The van der Waals surface area contributed by atoms with Crippen molar-refractivity contribution >= 4 is 22.0 Å². The maximum absolute atomic E-state index is 12.0. The van der Waals surface area contributed by atoms with Crippen molar-refractivity contribution < 1.29 is 4.21 Å². The zero-order valence-corrected chi connectivity index (χ0v) is 15.1. The molecule has 3 aromatic heterocycles. The van der Waals surface area contributed by atoms with E-state index in [-0.39, 0.29) is 0 Å². The summed E-state index contributed by atoms with van der Waals surface area (Å²) in [6.07, 6.45) is 4.74. The Labute approximate surface area is 152 Å². The average molecular weight is 367 g/mol. The van der Waals surface area contributed by atoms with Crippen molar-refractivity contribution in [3.63, 3.8) is 0 Å². The highest BCUT2D eigenvalue weighted by Gasteiger charge is 2.49. The second-order valence-electron chi connectivity index (χ2n) is 6.82. The molecule has 1 saturated heterocycles. The van der Waals surface area contributed by atoms with Gasteiger partial charge in [-0.25, -0.2) is 13.5 Å². The minimum Gasteiger partial charge on any atom is -0.346 e. The summed E-state index contributed by atoms with van der Waals surface area (Å²) in [6.45, 7) is 2.97. The van der Waals surface area contributed by atoms with Crippen LogP contribution in [0.2, 0.25) is 0 Å². The summed E-state index contributed by atoms with van der Waals surface area (Å²) in [5.74, 6) is 0.579. The molecule has 0 amide bonds. The van der Waals surface area contributed by atoms with E-state index in [2.05, 4.69) is 16.0 Å². The summed E-state index contributed by atoms with van der Waals surface area (Å²) >= 11 is 0. The lowest BCUT2D eigenvalue weighted by molar-refractivity contribution is 0.0613. The van der Waals surface area contributed by atoms with E-state index in [1.807, 2.05) is 23.5 Å². The molecule has 8 nitrogen and oxygen atoms in total. The lowest BCUT2D eigenvalue weighted by atomic mass is 9.90. The first-order valence-electron chi connectivity index (χ1n) is 8.57. The Balaban J connectivity index is 1.57. The normalized spacial score (nSPS) is 18.9. The molecule has 1 aliphatic heterocycles. The quantitative estimate of drug-likeness (QED) is 0.586. The van der Waals surface area contributed by atoms with Gasteiger partial charge in [0.15, 0.2) is 0 Å². The SMILES string of the molecule is CCS(=O)N1CC(CC#N)(n2nc3c(n2)-c2ccnc4[nH]cc(c24)C3)C1. The maximum atomic E-state index is 12.0. The highest BCUT2D eigenvalue weighted by atomic mass is 32.2. The minimum atomic E-state index is -1.01. The minimum absolute atomic E-state index is 0.302. The number of H-pyrrole nitrogens is 1. The molecule has 0 radical (unpaired) electrons. The average Bonchev–Trinajstić information content (AvgIpc) is 3.23. The van der Waals surface area contributed by atoms with Crippen LogP contribution in [0.1, 0.15) is 24.6 Å². The van der Waals surface area contributed by atoms with Crippen LogP contribution in [0.5, 0.6) is 0 Å². The van der Waals surface area contributed by atoms with E-state index in [4.69, 9.17) is 10.2 Å². The van der Waals surface area contributed by atoms with Crippen molar-refractivity contribution in [1.82, 2.24) is 29.3 Å². The van der Waals surface area contributed by atoms with E-state index >= 15 is 0 Å². The van der Waals surface area contributed by atoms with Crippen molar-refractivity contribution in [2.24, 2.45) is 0 Å². The maximum Gasteiger partial charge on any atom is 0.138 e. The molecule has 0 bridgehead atoms. The molecule has 2 aliphatic rings. The van der Waals surface area contributed by atoms with E-state index < -0.39 is 16.5 Å². The fourth-order valence-corrected chi connectivity index (χ4v) is 5.04. The molecule has 26 heavy (non-hydrogen) atoms. The largest absolute Gasteiger partial charge is 0.346 e. The van der Waals surface area contributed by atoms with E-state index in [0.717, 1.165) is 28.0 Å². The van der Waals surface area contributed by atoms with E-state index in [1.54, 1.807) is 11.0 Å². The highest BCUT2D eigenvalue weighted by Crippen LogP contribution is 2.39. The molecule has 1 fully saturated rings. The monoisotopic (exact) mass is 367 g/mol. The molecular weight excluding hydrogens is 350 g/mol. The fraction of sp³-hybridized carbons (Fsp3) is 0.412. The molecule has 0 aromatic carbocycles. The van der Waals surface area contributed by atoms with Crippen LogP contribution in [0, 0.1) is 11.3 Å². The number of hydrogen-bond donors (Lipinski definition) is 1. The van der Waals surface area contributed by atoms with Crippen LogP contribution < -0.4 is 0 Å². The van der Waals surface area contributed by atoms with Gasteiger partial charge in [0.2, 0.25) is 0 Å². The number of nitrogens with one attached hydrogen (secondary N) is 1. The standard InChI is InChI=1S/C17H17N7OS/c1-2-26(25)23-9-17(10-23,4-5-18)24-21-13-7-11-8-20-16-14(11)12(3-6-19-16)15(13)22-24/h3,6,8H,2,4,7,9-10H2,1H3,(H,19,20). The number of nitriles is 1. The van der Waals surface area contributed by atoms with E-state index in [0.29, 0.717) is 31.7 Å². The summed E-state index contributed by atoms with van der Waals surface area (Å²) in [5.41, 5.74) is 4.32. The van der Waals surface area contributed by atoms with Crippen LogP contribution in [0.3, 0.4) is 0 Å². The first-order chi connectivity index (χ1) is 12.6. The Morgan fingerprint density at radius 3 is 3.04 bits per heavy atom. The van der Waals surface area contributed by atoms with Gasteiger partial charge in [-0.15, -0.1) is 0 Å². The van der Waals surface area contributed by atoms with Gasteiger partial charge in [0.1, 0.15) is 16.9 Å². The van der Waals surface area contributed by atoms with Crippen molar-refractivity contribution in [3.05, 3.63) is 29.7 Å². The third kappa shape index (κ3) is 2.03. The molecule has 9 heteroatoms. The van der Waals surface area contributed by atoms with Crippen molar-refractivity contribution in [3.8, 4) is 17.3 Å². The van der Waals surface area contributed by atoms with Crippen molar-refractivity contribution in [2.75, 3.05) is 18.8 Å². The Morgan fingerprint density at radius 2 is 2.27 bits per heavy atom. The molecule has 1 atom stereocenters. The number of fused-ring (bicyclic) bond motifs is 2. The van der Waals surface area contributed by atoms with Crippen LogP contribution in [-0.2, 0) is 22.9 Å². The predicted molar refractivity (Wildman–Crippen MR) is 96.4 cm³/mol. The summed E-state index contributed by atoms with van der Waals surface area (Å²) in [4.78, 5) is 9.27. The first-order valence-corrected chi connectivity index (χ1v) is 9.85. The number of hydrogen-bond acceptors (Lipinski definition) is 5. The Kier molecular flexibility index (Phi) is 3.29. The summed E-state index contributed by atoms with van der Waals surface area (Å²) in [6, 6.07) is 4.22. The molecule has 1 aliphatic carbocycles. The second kappa shape index (κ2) is 5.46. The van der Waals surface area contributed by atoms with Gasteiger partial charge in [-0.3, -0.25) is 0 Å². The van der Waals surface area contributed by atoms with Gasteiger partial charge in [-0.1, -0.05) is 6.92 Å². The zero-order valence-electron chi connectivity index (χ0n) is 14.3. The summed E-state index contributed by atoms with van der Waals surface area (Å²) < 4.78 is 13.9. The first kappa shape index (κ1) is 15.7. The van der Waals surface area contributed by atoms with Crippen molar-refractivity contribution in [1.29, 1.82) is 5.26 Å². The van der Waals surface area contributed by atoms with Gasteiger partial charge in [0.25, 0.3) is 0 Å². The van der Waals surface area contributed by atoms with Gasteiger partial charge < -0.3 is 4.98 Å². The Morgan fingerprint density at radius 1 is 1.42 bits per heavy atom. The van der Waals surface area contributed by atoms with Crippen molar-refractivity contribution in [2.45, 2.75) is 25.3 Å². The molecule has 3 aromatic rings. The zero-order chi connectivity index (χ0) is 17.9. The Bertz CT molecular complexity index is 1090. The second-order valence-corrected chi connectivity index (χ2v) is 8.56. The predicted octanol–water partition coefficient (Wildman–Crippen LogP) is 1.33. The third-order valence-corrected chi connectivity index (χ3v) is 6.59. The van der Waals surface area contributed by atoms with Gasteiger partial charge in [-0.2, -0.15) is 20.3 Å². The molecule has 1 N–H and O–H groups in total. The fourth-order valence-electron chi connectivity index (χ4n) is 3.91. The summed E-state index contributed by atoms with van der Waals surface area (Å²) in [7, 11) is -1.01. The van der Waals surface area contributed by atoms with Gasteiger partial charge >= 0.3 is 0 Å². The molecule has 5 rings (SSSR count). The summed E-state index contributed by atoms with van der Waals surface area (Å²) in [5, 5.41) is 19.9. The molecule has 4 heterocycles. The number of rotatable bonds is 4. The van der Waals surface area contributed by atoms with Gasteiger partial charge in [0, 0.05) is 48.6 Å². The van der Waals surface area contributed by atoms with Gasteiger partial charge in [0.05, 0.1) is 29.2 Å². The molecule has 0 saturated carbocycles. The van der Waals surface area contributed by atoms with Gasteiger partial charge in [-0.05, 0) is 11.6 Å². The number of aromatic amines is 1. The van der Waals surface area contributed by atoms with E-state index in [9.17, 15) is 9.47 Å². The topological polar surface area (TPSA) is 103 Å². The third-order valence-electron chi connectivity index (χ3n) is 5.26.